The average molecular weight is 449 g/mol. The highest BCUT2D eigenvalue weighted by molar-refractivity contribution is 7.98. The number of hydrogen-bond acceptors (Lipinski definition) is 5. The lowest BCUT2D eigenvalue weighted by Crippen LogP contribution is -2.64. The molecule has 5 rings (SSSR count). The van der Waals surface area contributed by atoms with Gasteiger partial charge in [0, 0.05) is 19.0 Å². The summed E-state index contributed by atoms with van der Waals surface area (Å²) in [4.78, 5) is 5.56. The van der Waals surface area contributed by atoms with E-state index in [9.17, 15) is 0 Å². The highest BCUT2D eigenvalue weighted by Gasteiger charge is 2.50. The lowest BCUT2D eigenvalue weighted by atomic mass is 9.89. The number of nitrogens with one attached hydrogen (secondary N) is 3. The van der Waals surface area contributed by atoms with Crippen molar-refractivity contribution in [1.82, 2.24) is 14.6 Å². The molecule has 29 heavy (non-hydrogen) atoms. The minimum absolute atomic E-state index is 0.252. The number of fused-ring (bicyclic) bond motifs is 2. The third-order valence-electron chi connectivity index (χ3n) is 5.54. The Balaban J connectivity index is 1.59. The van der Waals surface area contributed by atoms with E-state index in [2.05, 4.69) is 22.4 Å². The molecule has 2 aromatic heterocycles. The minimum Gasteiger partial charge on any atom is -0.495 e. The SMILES string of the molecule is COc1cccc2cc(-c3cc(Cl)c([C@]45COCCC4SN(C)C(=N)N5)s3)[nH]c12. The van der Waals surface area contributed by atoms with Gasteiger partial charge in [0.05, 0.1) is 45.0 Å². The molecule has 2 aliphatic rings. The molecule has 1 aromatic carbocycles. The monoisotopic (exact) mass is 448 g/mol. The van der Waals surface area contributed by atoms with Gasteiger partial charge in [-0.05, 0) is 36.6 Å². The maximum atomic E-state index is 8.33. The van der Waals surface area contributed by atoms with E-state index in [0.717, 1.165) is 45.1 Å². The van der Waals surface area contributed by atoms with E-state index in [1.807, 2.05) is 29.6 Å². The van der Waals surface area contributed by atoms with Crippen molar-refractivity contribution >= 4 is 51.7 Å². The number of nitrogens with zero attached hydrogens (tertiary/aromatic N) is 1. The van der Waals surface area contributed by atoms with Crippen molar-refractivity contribution in [3.8, 4) is 16.3 Å². The Morgan fingerprint density at radius 2 is 2.24 bits per heavy atom. The molecule has 0 bridgehead atoms. The molecule has 2 aliphatic heterocycles. The molecular weight excluding hydrogens is 428 g/mol. The first kappa shape index (κ1) is 19.1. The number of thiophene rings is 1. The van der Waals surface area contributed by atoms with Crippen molar-refractivity contribution in [2.45, 2.75) is 17.2 Å². The molecule has 2 saturated heterocycles. The van der Waals surface area contributed by atoms with Crippen molar-refractivity contribution in [3.05, 3.63) is 40.2 Å². The van der Waals surface area contributed by atoms with Gasteiger partial charge in [0.1, 0.15) is 11.3 Å². The van der Waals surface area contributed by atoms with Crippen LogP contribution in [0.1, 0.15) is 11.3 Å². The summed E-state index contributed by atoms with van der Waals surface area (Å²) in [7, 11) is 3.59. The lowest BCUT2D eigenvalue weighted by molar-refractivity contribution is 0.0300. The second-order valence-electron chi connectivity index (χ2n) is 7.27. The molecule has 2 fully saturated rings. The highest BCUT2D eigenvalue weighted by atomic mass is 35.5. The molecule has 3 aromatic rings. The van der Waals surface area contributed by atoms with E-state index in [-0.39, 0.29) is 5.25 Å². The highest BCUT2D eigenvalue weighted by Crippen LogP contribution is 2.49. The van der Waals surface area contributed by atoms with Crippen molar-refractivity contribution in [1.29, 1.82) is 5.41 Å². The molecule has 0 amide bonds. The standard InChI is InChI=1S/C20H21ClN4O2S2/c1-25-19(22)24-20(10-27-7-6-16(20)29-25)18-12(21)9-15(28-18)13-8-11-4-3-5-14(26-2)17(11)23-13/h3-5,8-9,16,23H,6-7,10H2,1-2H3,(H2,22,24)/t16?,20-/m0/s1. The number of guanidine groups is 1. The number of H-pyrrole nitrogens is 1. The van der Waals surface area contributed by atoms with E-state index in [1.165, 1.54) is 0 Å². The smallest absolute Gasteiger partial charge is 0.201 e. The molecule has 0 aliphatic carbocycles. The molecule has 0 spiro atoms. The number of para-hydroxylation sites is 1. The molecule has 9 heteroatoms. The largest absolute Gasteiger partial charge is 0.495 e. The number of rotatable bonds is 3. The van der Waals surface area contributed by atoms with Gasteiger partial charge < -0.3 is 19.8 Å². The van der Waals surface area contributed by atoms with E-state index < -0.39 is 5.54 Å². The molecule has 152 valence electrons. The van der Waals surface area contributed by atoms with Gasteiger partial charge in [-0.15, -0.1) is 11.3 Å². The van der Waals surface area contributed by atoms with E-state index in [4.69, 9.17) is 26.5 Å². The Hall–Kier alpha value is -1.87. The Morgan fingerprint density at radius 3 is 3.07 bits per heavy atom. The van der Waals surface area contributed by atoms with Crippen LogP contribution in [0.15, 0.2) is 30.3 Å². The first-order valence-electron chi connectivity index (χ1n) is 9.33. The summed E-state index contributed by atoms with van der Waals surface area (Å²) in [6, 6.07) is 10.1. The van der Waals surface area contributed by atoms with E-state index in [0.29, 0.717) is 17.6 Å². The Kier molecular flexibility index (Phi) is 4.70. The molecular formula is C20H21ClN4O2S2. The summed E-state index contributed by atoms with van der Waals surface area (Å²) in [5.74, 6) is 1.19. The predicted octanol–water partition coefficient (Wildman–Crippen LogP) is 4.66. The maximum absolute atomic E-state index is 8.33. The second-order valence-corrected chi connectivity index (χ2v) is 10.1. The van der Waals surface area contributed by atoms with Crippen LogP contribution in [-0.2, 0) is 10.3 Å². The van der Waals surface area contributed by atoms with Gasteiger partial charge in [-0.3, -0.25) is 9.71 Å². The van der Waals surface area contributed by atoms with Crippen LogP contribution in [-0.4, -0.2) is 47.9 Å². The fraction of sp³-hybridized carbons (Fsp3) is 0.350. The van der Waals surface area contributed by atoms with Gasteiger partial charge in [0.2, 0.25) is 5.96 Å². The number of methoxy groups -OCH3 is 1. The van der Waals surface area contributed by atoms with Gasteiger partial charge in [-0.2, -0.15) is 0 Å². The van der Waals surface area contributed by atoms with Crippen LogP contribution in [0.3, 0.4) is 0 Å². The quantitative estimate of drug-likeness (QED) is 0.508. The van der Waals surface area contributed by atoms with Crippen molar-refractivity contribution in [2.24, 2.45) is 0 Å². The molecule has 4 heterocycles. The molecule has 0 saturated carbocycles. The van der Waals surface area contributed by atoms with Crippen LogP contribution in [0.2, 0.25) is 5.02 Å². The summed E-state index contributed by atoms with van der Waals surface area (Å²) >= 11 is 10.1. The topological polar surface area (TPSA) is 73.4 Å². The third-order valence-corrected chi connectivity index (χ3v) is 8.69. The first-order chi connectivity index (χ1) is 14.0. The fourth-order valence-corrected chi connectivity index (χ4v) is 6.96. The lowest BCUT2D eigenvalue weighted by Gasteiger charge is -2.49. The average Bonchev–Trinajstić information content (AvgIpc) is 3.32. The fourth-order valence-electron chi connectivity index (χ4n) is 4.06. The van der Waals surface area contributed by atoms with Crippen molar-refractivity contribution < 1.29 is 9.47 Å². The Morgan fingerprint density at radius 1 is 1.38 bits per heavy atom. The van der Waals surface area contributed by atoms with Gasteiger partial charge in [-0.25, -0.2) is 0 Å². The second kappa shape index (κ2) is 7.12. The van der Waals surface area contributed by atoms with Crippen LogP contribution in [0.25, 0.3) is 21.5 Å². The summed E-state index contributed by atoms with van der Waals surface area (Å²) in [5, 5.41) is 13.8. The molecule has 1 unspecified atom stereocenters. The van der Waals surface area contributed by atoms with Gasteiger partial charge in [0.25, 0.3) is 0 Å². The first-order valence-corrected chi connectivity index (χ1v) is 11.4. The molecule has 3 N–H and O–H groups in total. The normalized spacial score (nSPS) is 24.4. The maximum Gasteiger partial charge on any atom is 0.201 e. The van der Waals surface area contributed by atoms with Crippen molar-refractivity contribution in [3.63, 3.8) is 0 Å². The van der Waals surface area contributed by atoms with Crippen LogP contribution >= 0.6 is 34.9 Å². The van der Waals surface area contributed by atoms with Crippen LogP contribution in [0.4, 0.5) is 0 Å². The van der Waals surface area contributed by atoms with Crippen LogP contribution in [0, 0.1) is 5.41 Å². The molecule has 6 nitrogen and oxygen atoms in total. The zero-order valence-corrected chi connectivity index (χ0v) is 18.4. The van der Waals surface area contributed by atoms with Crippen LogP contribution in [0.5, 0.6) is 5.75 Å². The number of benzene rings is 1. The Labute approximate surface area is 182 Å². The van der Waals surface area contributed by atoms with Crippen molar-refractivity contribution in [2.75, 3.05) is 27.4 Å². The third kappa shape index (κ3) is 3.01. The summed E-state index contributed by atoms with van der Waals surface area (Å²) in [6.45, 7) is 1.22. The molecule has 0 radical (unpaired) electrons. The predicted molar refractivity (Wildman–Crippen MR) is 120 cm³/mol. The van der Waals surface area contributed by atoms with Gasteiger partial charge in [-0.1, -0.05) is 23.7 Å². The van der Waals surface area contributed by atoms with Crippen LogP contribution < -0.4 is 10.1 Å². The van der Waals surface area contributed by atoms with E-state index >= 15 is 0 Å². The number of aromatic nitrogens is 1. The van der Waals surface area contributed by atoms with Gasteiger partial charge in [0.15, 0.2) is 0 Å². The summed E-state index contributed by atoms with van der Waals surface area (Å²) < 4.78 is 13.2. The zero-order chi connectivity index (χ0) is 20.2. The molecule has 2 atom stereocenters. The van der Waals surface area contributed by atoms with Gasteiger partial charge >= 0.3 is 0 Å². The number of halogens is 1. The Bertz CT molecular complexity index is 1100. The number of ether oxygens (including phenoxy) is 2. The summed E-state index contributed by atoms with van der Waals surface area (Å²) in [5.41, 5.74) is 1.49. The summed E-state index contributed by atoms with van der Waals surface area (Å²) in [6.07, 6.45) is 0.905. The zero-order valence-electron chi connectivity index (χ0n) is 16.0. The van der Waals surface area contributed by atoms with E-state index in [1.54, 1.807) is 30.4 Å². The number of aromatic amines is 1. The minimum atomic E-state index is -0.490. The number of hydrogen-bond donors (Lipinski definition) is 3.